The molecule has 0 saturated carbocycles. The Hall–Kier alpha value is -1.29. The molecule has 23 heavy (non-hydrogen) atoms. The summed E-state index contributed by atoms with van der Waals surface area (Å²) in [5.74, 6) is 0. The zero-order valence-corrected chi connectivity index (χ0v) is 13.3. The predicted octanol–water partition coefficient (Wildman–Crippen LogP) is -2.09. The van der Waals surface area contributed by atoms with Crippen molar-refractivity contribution in [2.24, 2.45) is 5.50 Å². The number of hydrogen-bond donors (Lipinski definition) is 6. The molecule has 3 atom stereocenters. The molecule has 128 valence electrons. The largest absolute Gasteiger partial charge is 0.394 e. The molecule has 1 aromatic heterocycles. The maximum absolute atomic E-state index is 11.7. The topological polar surface area (TPSA) is 195 Å². The lowest BCUT2D eigenvalue weighted by atomic mass is 10.2. The van der Waals surface area contributed by atoms with Crippen molar-refractivity contribution in [2.45, 2.75) is 29.8 Å². The maximum Gasteiger partial charge on any atom is 0.330 e. The first-order valence-electron chi connectivity index (χ1n) is 6.08. The van der Waals surface area contributed by atoms with Crippen molar-refractivity contribution in [3.05, 3.63) is 27.0 Å². The lowest BCUT2D eigenvalue weighted by Gasteiger charge is -2.14. The van der Waals surface area contributed by atoms with Gasteiger partial charge < -0.3 is 24.7 Å². The van der Waals surface area contributed by atoms with Gasteiger partial charge in [0.05, 0.1) is 12.7 Å². The van der Waals surface area contributed by atoms with Gasteiger partial charge in [-0.15, -0.1) is 0 Å². The number of nitrogens with one attached hydrogen (secondary N) is 1. The minimum atomic E-state index is -2.12. The van der Waals surface area contributed by atoms with Gasteiger partial charge in [0.2, 0.25) is 8.53 Å². The minimum Gasteiger partial charge on any atom is -0.394 e. The molecule has 11 nitrogen and oxygen atoms in total. The zero-order valence-electron chi connectivity index (χ0n) is 11.6. The quantitative estimate of drug-likeness (QED) is 0.196. The number of aliphatic hydroxyl groups excluding tert-OH is 2. The van der Waals surface area contributed by atoms with Gasteiger partial charge in [-0.1, -0.05) is 0 Å². The molecule has 1 aliphatic rings. The highest BCUT2D eigenvalue weighted by Gasteiger charge is 2.35. The fourth-order valence-electron chi connectivity index (χ4n) is 1.85. The van der Waals surface area contributed by atoms with E-state index in [1.807, 2.05) is 0 Å². The van der Waals surface area contributed by atoms with Gasteiger partial charge >= 0.3 is 5.69 Å². The summed E-state index contributed by atoms with van der Waals surface area (Å²) in [5, 5.41) is 28.9. The Balaban J connectivity index is 0.000000593. The molecule has 2 heterocycles. The summed E-state index contributed by atoms with van der Waals surface area (Å²) < 4.78 is 6.41. The molecule has 7 N–H and O–H groups in total. The second kappa shape index (κ2) is 9.11. The first kappa shape index (κ1) is 19.8. The van der Waals surface area contributed by atoms with Crippen molar-refractivity contribution < 1.29 is 24.7 Å². The van der Waals surface area contributed by atoms with Gasteiger partial charge in [0.1, 0.15) is 22.6 Å². The number of aromatic nitrogens is 2. The average molecular weight is 366 g/mol. The number of H-pyrrole nitrogens is 1. The average Bonchev–Trinajstić information content (AvgIpc) is 2.82. The third-order valence-corrected chi connectivity index (χ3v) is 3.39. The Bertz CT molecular complexity index is 670. The van der Waals surface area contributed by atoms with Crippen molar-refractivity contribution in [3.63, 3.8) is 0 Å². The molecule has 0 aromatic carbocycles. The number of hydrogen-bond acceptors (Lipinski definition) is 10. The number of aromatic amines is 1. The first-order valence-corrected chi connectivity index (χ1v) is 8.21. The van der Waals surface area contributed by atoms with E-state index >= 15 is 0 Å². The van der Waals surface area contributed by atoms with Crippen molar-refractivity contribution >= 4 is 20.3 Å². The number of thiocyanates is 1. The van der Waals surface area contributed by atoms with E-state index in [9.17, 15) is 14.7 Å². The molecule has 0 unspecified atom stereocenters. The number of rotatable bonds is 3. The number of nitriles is 1. The monoisotopic (exact) mass is 366 g/mol. The highest BCUT2D eigenvalue weighted by Crippen LogP contribution is 2.27. The molecule has 1 fully saturated rings. The molecular formula is C10H15N4O7PS. The Labute approximate surface area is 134 Å². The normalized spacial score (nSPS) is 23.3. The number of nitrogens with zero attached hydrogens (tertiary/aromatic N) is 2. The number of ether oxygens (including phenoxy) is 1. The van der Waals surface area contributed by atoms with Crippen LogP contribution in [0, 0.1) is 10.7 Å². The van der Waals surface area contributed by atoms with Crippen LogP contribution in [0.15, 0.2) is 20.7 Å². The van der Waals surface area contributed by atoms with Crippen molar-refractivity contribution in [3.8, 4) is 5.40 Å². The van der Waals surface area contributed by atoms with E-state index in [-0.39, 0.29) is 17.9 Å². The van der Waals surface area contributed by atoms with E-state index in [1.165, 1.54) is 6.20 Å². The lowest BCUT2D eigenvalue weighted by Crippen LogP contribution is -2.33. The van der Waals surface area contributed by atoms with Gasteiger partial charge in [-0.05, 0) is 11.8 Å². The van der Waals surface area contributed by atoms with Crippen molar-refractivity contribution in [1.29, 1.82) is 5.26 Å². The summed E-state index contributed by atoms with van der Waals surface area (Å²) in [7, 11) is -2.12. The van der Waals surface area contributed by atoms with E-state index in [0.29, 0.717) is 11.8 Å². The summed E-state index contributed by atoms with van der Waals surface area (Å²) in [4.78, 5) is 40.1. The molecule has 1 aromatic rings. The maximum atomic E-state index is 11.7. The predicted molar refractivity (Wildman–Crippen MR) is 80.0 cm³/mol. The van der Waals surface area contributed by atoms with Crippen LogP contribution in [-0.4, -0.2) is 48.4 Å². The van der Waals surface area contributed by atoms with Crippen LogP contribution < -0.4 is 16.8 Å². The highest BCUT2D eigenvalue weighted by molar-refractivity contribution is 8.03. The van der Waals surface area contributed by atoms with Crippen molar-refractivity contribution in [1.82, 2.24) is 9.55 Å². The number of aliphatic hydroxyl groups is 2. The van der Waals surface area contributed by atoms with Crippen LogP contribution in [-0.2, 0) is 4.74 Å². The molecule has 0 radical (unpaired) electrons. The van der Waals surface area contributed by atoms with Crippen LogP contribution in [0.3, 0.4) is 0 Å². The van der Waals surface area contributed by atoms with Gasteiger partial charge in [-0.2, -0.15) is 5.26 Å². The van der Waals surface area contributed by atoms with Gasteiger partial charge in [0.15, 0.2) is 0 Å². The summed E-state index contributed by atoms with van der Waals surface area (Å²) in [6, 6.07) is 0. The van der Waals surface area contributed by atoms with E-state index in [0.717, 1.165) is 4.57 Å². The van der Waals surface area contributed by atoms with Gasteiger partial charge in [-0.3, -0.25) is 19.8 Å². The standard InChI is InChI=1S/C10H11N3O5S.H4NO2P/c11-4-19-7-2-13(10(17)12-9(7)16)8-1-5(15)6(3-14)18-8;1-4(2)3/h2,5-6,8,14-15H,1,3H2,(H,12,16,17);2-3H,1H2/t5-,6+,8+;/m0./s1. The second-order valence-corrected chi connectivity index (χ2v) is 5.76. The highest BCUT2D eigenvalue weighted by atomic mass is 32.2. The Morgan fingerprint density at radius 3 is 2.65 bits per heavy atom. The zero-order chi connectivity index (χ0) is 17.6. The molecule has 0 aliphatic carbocycles. The van der Waals surface area contributed by atoms with E-state index < -0.39 is 38.2 Å². The van der Waals surface area contributed by atoms with E-state index in [1.54, 1.807) is 5.40 Å². The van der Waals surface area contributed by atoms with E-state index in [4.69, 9.17) is 24.9 Å². The Morgan fingerprint density at radius 1 is 1.57 bits per heavy atom. The Kier molecular flexibility index (Phi) is 7.83. The number of nitrogens with two attached hydrogens (primary N) is 1. The van der Waals surface area contributed by atoms with Crippen LogP contribution in [0.1, 0.15) is 12.6 Å². The van der Waals surface area contributed by atoms with Crippen molar-refractivity contribution in [2.75, 3.05) is 6.61 Å². The fraction of sp³-hybridized carbons (Fsp3) is 0.500. The van der Waals surface area contributed by atoms with Gasteiger partial charge in [-0.25, -0.2) is 4.79 Å². The van der Waals surface area contributed by atoms with Crippen LogP contribution >= 0.6 is 20.3 Å². The summed E-state index contributed by atoms with van der Waals surface area (Å²) in [5.41, 5.74) is 2.95. The number of thioether (sulfide) groups is 1. The van der Waals surface area contributed by atoms with E-state index in [2.05, 4.69) is 10.5 Å². The molecule has 2 rings (SSSR count). The molecule has 1 saturated heterocycles. The molecule has 0 amide bonds. The second-order valence-electron chi connectivity index (χ2n) is 4.29. The van der Waals surface area contributed by atoms with Crippen LogP contribution in [0.2, 0.25) is 0 Å². The van der Waals surface area contributed by atoms with Gasteiger partial charge in [0.25, 0.3) is 5.56 Å². The summed E-state index contributed by atoms with van der Waals surface area (Å²) >= 11 is 0.626. The minimum absolute atomic E-state index is 0.0626. The van der Waals surface area contributed by atoms with Crippen LogP contribution in [0.25, 0.3) is 0 Å². The molecule has 13 heteroatoms. The van der Waals surface area contributed by atoms with Crippen LogP contribution in [0.5, 0.6) is 0 Å². The fourth-order valence-corrected chi connectivity index (χ4v) is 2.26. The smallest absolute Gasteiger partial charge is 0.330 e. The molecule has 1 aliphatic heterocycles. The molecule has 0 bridgehead atoms. The molecular weight excluding hydrogens is 351 g/mol. The van der Waals surface area contributed by atoms with Crippen LogP contribution in [0.4, 0.5) is 0 Å². The third-order valence-electron chi connectivity index (χ3n) is 2.79. The molecule has 0 spiro atoms. The third kappa shape index (κ3) is 5.69. The Morgan fingerprint density at radius 2 is 2.17 bits per heavy atom. The SMILES string of the molecule is N#CSc1cn([C@H]2C[C@H](O)[C@@H](CO)O2)c(=O)[nH]c1=O.NP(O)O. The summed E-state index contributed by atoms with van der Waals surface area (Å²) in [6.07, 6.45) is -1.11. The van der Waals surface area contributed by atoms with Gasteiger partial charge in [0, 0.05) is 12.6 Å². The summed E-state index contributed by atoms with van der Waals surface area (Å²) in [6.45, 7) is -0.366. The lowest BCUT2D eigenvalue weighted by molar-refractivity contribution is -0.0461. The first-order chi connectivity index (χ1) is 10.8.